The number of H-pyrrole nitrogens is 1. The Hall–Kier alpha value is -2.32. The van der Waals surface area contributed by atoms with Crippen molar-refractivity contribution in [2.45, 2.75) is 24.9 Å². The fourth-order valence-electron chi connectivity index (χ4n) is 3.45. The first-order valence-corrected chi connectivity index (χ1v) is 11.8. The minimum Gasteiger partial charge on any atom is -0.611 e. The highest BCUT2D eigenvalue weighted by atomic mass is 35.5. The van der Waals surface area contributed by atoms with Crippen molar-refractivity contribution in [1.29, 1.82) is 0 Å². The number of alkyl halides is 2. The van der Waals surface area contributed by atoms with Crippen LogP contribution in [0.1, 0.15) is 18.3 Å². The lowest BCUT2D eigenvalue weighted by Crippen LogP contribution is -2.03. The average Bonchev–Trinajstić information content (AvgIpc) is 3.17. The topological polar surface area (TPSA) is 61.0 Å². The van der Waals surface area contributed by atoms with E-state index in [1.165, 1.54) is 6.07 Å². The zero-order valence-corrected chi connectivity index (χ0v) is 19.2. The van der Waals surface area contributed by atoms with Crippen LogP contribution in [-0.4, -0.2) is 26.9 Å². The second-order valence-electron chi connectivity index (χ2n) is 6.96. The summed E-state index contributed by atoms with van der Waals surface area (Å²) in [5.74, 6) is 1.21. The number of nitrogens with zero attached hydrogens (tertiary/aromatic N) is 1. The number of aromatic nitrogens is 2. The van der Waals surface area contributed by atoms with E-state index in [0.717, 1.165) is 10.5 Å². The zero-order valence-electron chi connectivity index (χ0n) is 16.9. The summed E-state index contributed by atoms with van der Waals surface area (Å²) in [6.07, 6.45) is 0.502. The average molecular weight is 495 g/mol. The third kappa shape index (κ3) is 4.71. The van der Waals surface area contributed by atoms with Gasteiger partial charge in [-0.2, -0.15) is 8.78 Å². The van der Waals surface area contributed by atoms with Crippen molar-refractivity contribution in [3.63, 3.8) is 0 Å². The first-order valence-electron chi connectivity index (χ1n) is 9.75. The molecule has 166 valence electrons. The smallest absolute Gasteiger partial charge is 0.387 e. The second kappa shape index (κ2) is 9.67. The fraction of sp³-hybridized carbons (Fsp3) is 0.174. The Morgan fingerprint density at radius 1 is 1.12 bits per heavy atom. The highest BCUT2D eigenvalue weighted by Gasteiger charge is 2.20. The number of fused-ring (bicyclic) bond motifs is 1. The largest absolute Gasteiger partial charge is 0.611 e. The van der Waals surface area contributed by atoms with Crippen LogP contribution in [0.3, 0.4) is 0 Å². The van der Waals surface area contributed by atoms with E-state index in [0.29, 0.717) is 40.2 Å². The monoisotopic (exact) mass is 494 g/mol. The van der Waals surface area contributed by atoms with Crippen LogP contribution in [0.4, 0.5) is 8.78 Å². The molecule has 1 unspecified atom stereocenters. The molecule has 1 atom stereocenters. The minimum absolute atomic E-state index is 0.0223. The Labute approximate surface area is 196 Å². The van der Waals surface area contributed by atoms with E-state index in [4.69, 9.17) is 23.2 Å². The molecule has 0 aliphatic carbocycles. The van der Waals surface area contributed by atoms with Gasteiger partial charge in [-0.1, -0.05) is 53.5 Å². The predicted octanol–water partition coefficient (Wildman–Crippen LogP) is 6.86. The van der Waals surface area contributed by atoms with Crippen molar-refractivity contribution >= 4 is 45.4 Å². The molecule has 4 aromatic rings. The maximum Gasteiger partial charge on any atom is 0.387 e. The molecular formula is C23H18Cl2F2N2O2S. The molecule has 0 radical (unpaired) electrons. The van der Waals surface area contributed by atoms with Gasteiger partial charge in [0.1, 0.15) is 22.8 Å². The van der Waals surface area contributed by atoms with E-state index in [2.05, 4.69) is 14.7 Å². The summed E-state index contributed by atoms with van der Waals surface area (Å²) in [6.45, 7) is -1.10. The Balaban J connectivity index is 1.70. The predicted molar refractivity (Wildman–Crippen MR) is 124 cm³/mol. The van der Waals surface area contributed by atoms with E-state index in [9.17, 15) is 13.3 Å². The SMILES string of the molecule is CC[S+]([O-])c1ccc(Cc2nc3c(Cl)c(-c4ccccc4OC(F)F)c(Cl)cc3[nH]2)cc1. The van der Waals surface area contributed by atoms with Crippen molar-refractivity contribution in [3.8, 4) is 16.9 Å². The molecule has 0 fully saturated rings. The van der Waals surface area contributed by atoms with Gasteiger partial charge in [0.2, 0.25) is 0 Å². The molecule has 0 aliphatic heterocycles. The second-order valence-corrected chi connectivity index (χ2v) is 9.48. The van der Waals surface area contributed by atoms with Crippen LogP contribution in [0.25, 0.3) is 22.2 Å². The van der Waals surface area contributed by atoms with Crippen LogP contribution >= 0.6 is 23.2 Å². The zero-order chi connectivity index (χ0) is 22.8. The van der Waals surface area contributed by atoms with Crippen LogP contribution in [-0.2, 0) is 17.6 Å². The molecule has 4 nitrogen and oxygen atoms in total. The quantitative estimate of drug-likeness (QED) is 0.285. The van der Waals surface area contributed by atoms with Crippen molar-refractivity contribution in [1.82, 2.24) is 9.97 Å². The normalized spacial score (nSPS) is 12.5. The first-order chi connectivity index (χ1) is 15.4. The van der Waals surface area contributed by atoms with Gasteiger partial charge in [-0.3, -0.25) is 0 Å². The Morgan fingerprint density at radius 3 is 2.53 bits per heavy atom. The highest BCUT2D eigenvalue weighted by Crippen LogP contribution is 2.43. The van der Waals surface area contributed by atoms with Gasteiger partial charge in [0.25, 0.3) is 0 Å². The molecule has 9 heteroatoms. The Morgan fingerprint density at radius 2 is 1.84 bits per heavy atom. The third-order valence-electron chi connectivity index (χ3n) is 4.91. The molecule has 0 aliphatic rings. The molecule has 1 N–H and O–H groups in total. The van der Waals surface area contributed by atoms with Gasteiger partial charge in [-0.05, 0) is 47.9 Å². The molecule has 0 saturated carbocycles. The van der Waals surface area contributed by atoms with Crippen LogP contribution in [0.15, 0.2) is 59.5 Å². The molecule has 0 amide bonds. The summed E-state index contributed by atoms with van der Waals surface area (Å²) in [6, 6.07) is 15.5. The number of hydrogen-bond acceptors (Lipinski definition) is 3. The number of benzene rings is 3. The van der Waals surface area contributed by atoms with Crippen LogP contribution < -0.4 is 4.74 Å². The van der Waals surface area contributed by atoms with Gasteiger partial charge in [0.15, 0.2) is 4.90 Å². The van der Waals surface area contributed by atoms with E-state index < -0.39 is 17.8 Å². The lowest BCUT2D eigenvalue weighted by molar-refractivity contribution is -0.0494. The lowest BCUT2D eigenvalue weighted by Gasteiger charge is -2.13. The summed E-state index contributed by atoms with van der Waals surface area (Å²) >= 11 is 12.1. The number of para-hydroxylation sites is 1. The summed E-state index contributed by atoms with van der Waals surface area (Å²) < 4.78 is 42.3. The summed E-state index contributed by atoms with van der Waals surface area (Å²) in [4.78, 5) is 8.59. The van der Waals surface area contributed by atoms with Crippen molar-refractivity contribution in [3.05, 3.63) is 76.0 Å². The summed E-state index contributed by atoms with van der Waals surface area (Å²) in [5.41, 5.74) is 2.83. The maximum absolute atomic E-state index is 12.8. The fourth-order valence-corrected chi connectivity index (χ4v) is 4.93. The molecule has 1 heterocycles. The molecule has 0 bridgehead atoms. The standard InChI is InChI=1S/C23H18Cl2F2N2O2S/c1-2-32(30)14-9-7-13(8-10-14)11-19-28-17-12-16(24)20(21(25)22(17)29-19)15-5-3-4-6-18(15)31-23(26)27/h3-10,12,23H,2,11H2,1H3,(H,28,29). The molecule has 1 aromatic heterocycles. The van der Waals surface area contributed by atoms with Crippen molar-refractivity contribution in [2.24, 2.45) is 0 Å². The Kier molecular flexibility index (Phi) is 6.90. The van der Waals surface area contributed by atoms with Gasteiger partial charge in [0, 0.05) is 17.5 Å². The van der Waals surface area contributed by atoms with E-state index in [-0.39, 0.29) is 15.8 Å². The van der Waals surface area contributed by atoms with E-state index >= 15 is 0 Å². The molecule has 4 rings (SSSR count). The number of imidazole rings is 1. The minimum atomic E-state index is -2.98. The third-order valence-corrected chi connectivity index (χ3v) is 6.90. The maximum atomic E-state index is 12.8. The van der Waals surface area contributed by atoms with Gasteiger partial charge < -0.3 is 14.3 Å². The van der Waals surface area contributed by atoms with Crippen LogP contribution in [0, 0.1) is 0 Å². The van der Waals surface area contributed by atoms with Crippen molar-refractivity contribution < 1.29 is 18.1 Å². The first kappa shape index (κ1) is 22.9. The molecule has 3 aromatic carbocycles. The summed E-state index contributed by atoms with van der Waals surface area (Å²) in [5, 5.41) is 0.531. The highest BCUT2D eigenvalue weighted by molar-refractivity contribution is 7.91. The number of aromatic amines is 1. The number of hydrogen-bond donors (Lipinski definition) is 1. The number of ether oxygens (including phenoxy) is 1. The lowest BCUT2D eigenvalue weighted by atomic mass is 10.0. The molecule has 0 spiro atoms. The van der Waals surface area contributed by atoms with Gasteiger partial charge in [0.05, 0.1) is 15.6 Å². The van der Waals surface area contributed by atoms with Crippen molar-refractivity contribution in [2.75, 3.05) is 5.75 Å². The van der Waals surface area contributed by atoms with E-state index in [1.54, 1.807) is 24.3 Å². The number of nitrogens with one attached hydrogen (secondary N) is 1. The summed E-state index contributed by atoms with van der Waals surface area (Å²) in [7, 11) is 0. The van der Waals surface area contributed by atoms with Crippen LogP contribution in [0.5, 0.6) is 5.75 Å². The molecular weight excluding hydrogens is 477 g/mol. The van der Waals surface area contributed by atoms with E-state index in [1.807, 2.05) is 31.2 Å². The van der Waals surface area contributed by atoms with Gasteiger partial charge >= 0.3 is 6.61 Å². The molecule has 0 saturated heterocycles. The van der Waals surface area contributed by atoms with Crippen LogP contribution in [0.2, 0.25) is 10.0 Å². The number of rotatable bonds is 7. The Bertz CT molecular complexity index is 1250. The molecule has 32 heavy (non-hydrogen) atoms. The van der Waals surface area contributed by atoms with Gasteiger partial charge in [-0.25, -0.2) is 4.98 Å². The number of halogens is 4. The van der Waals surface area contributed by atoms with Gasteiger partial charge in [-0.15, -0.1) is 0 Å².